The lowest BCUT2D eigenvalue weighted by molar-refractivity contribution is 0.244. The minimum Gasteiger partial charge on any atom is -0.462 e. The quantitative estimate of drug-likeness (QED) is 0.888. The molecule has 2 N–H and O–H groups in total. The summed E-state index contributed by atoms with van der Waals surface area (Å²) in [6.07, 6.45) is 0. The van der Waals surface area contributed by atoms with Crippen LogP contribution in [0.15, 0.2) is 27.5 Å². The number of sulfonamides is 1. The normalized spacial score (nSPS) is 13.6. The molecule has 0 aliphatic carbocycles. The first-order chi connectivity index (χ1) is 9.33. The number of aliphatic hydroxyl groups excluding tert-OH is 1. The van der Waals surface area contributed by atoms with Crippen LogP contribution in [0, 0.1) is 13.8 Å². The largest absolute Gasteiger partial charge is 0.462 e. The Morgan fingerprint density at radius 1 is 1.40 bits per heavy atom. The molecule has 2 aromatic rings. The molecule has 0 aliphatic heterocycles. The van der Waals surface area contributed by atoms with E-state index in [9.17, 15) is 8.42 Å². The fraction of sp³-hybridized carbons (Fsp3) is 0.385. The number of aryl methyl sites for hydroxylation is 2. The fourth-order valence-corrected chi connectivity index (χ4v) is 4.29. The second kappa shape index (κ2) is 5.69. The van der Waals surface area contributed by atoms with Crippen molar-refractivity contribution in [2.75, 3.05) is 0 Å². The molecule has 2 rings (SSSR count). The standard InChI is InChI=1S/C13H17NO4S2/c1-8-4-5-12(19-8)9(2)14-20(16,17)13-6-11(7-15)18-10(13)3/h4-6,9,14-15H,7H2,1-3H3. The molecule has 0 radical (unpaired) electrons. The predicted octanol–water partition coefficient (Wildman–Crippen LogP) is 2.49. The van der Waals surface area contributed by atoms with Crippen LogP contribution in [0.1, 0.15) is 34.2 Å². The third-order valence-electron chi connectivity index (χ3n) is 2.89. The molecule has 20 heavy (non-hydrogen) atoms. The van der Waals surface area contributed by atoms with E-state index in [0.29, 0.717) is 0 Å². The van der Waals surface area contributed by atoms with Crippen LogP contribution in [-0.2, 0) is 16.6 Å². The molecular weight excluding hydrogens is 298 g/mol. The summed E-state index contributed by atoms with van der Waals surface area (Å²) < 4.78 is 32.4. The molecule has 0 saturated carbocycles. The van der Waals surface area contributed by atoms with Crippen LogP contribution in [0.3, 0.4) is 0 Å². The first-order valence-corrected chi connectivity index (χ1v) is 8.42. The summed E-state index contributed by atoms with van der Waals surface area (Å²) >= 11 is 1.56. The van der Waals surface area contributed by atoms with Crippen molar-refractivity contribution >= 4 is 21.4 Å². The molecule has 1 atom stereocenters. The van der Waals surface area contributed by atoms with Gasteiger partial charge in [0.05, 0.1) is 6.04 Å². The van der Waals surface area contributed by atoms with Crippen molar-refractivity contribution in [2.24, 2.45) is 0 Å². The van der Waals surface area contributed by atoms with Crippen molar-refractivity contribution in [3.8, 4) is 0 Å². The fourth-order valence-electron chi connectivity index (χ4n) is 1.91. The van der Waals surface area contributed by atoms with Gasteiger partial charge in [0.15, 0.2) is 0 Å². The Labute approximate surface area is 122 Å². The van der Waals surface area contributed by atoms with Gasteiger partial charge in [0.1, 0.15) is 23.0 Å². The molecule has 2 heterocycles. The molecule has 0 saturated heterocycles. The number of rotatable bonds is 5. The minimum atomic E-state index is -3.67. The van der Waals surface area contributed by atoms with E-state index in [1.807, 2.05) is 19.1 Å². The highest BCUT2D eigenvalue weighted by Gasteiger charge is 2.24. The highest BCUT2D eigenvalue weighted by Crippen LogP contribution is 2.26. The van der Waals surface area contributed by atoms with Crippen LogP contribution in [-0.4, -0.2) is 13.5 Å². The first kappa shape index (κ1) is 15.2. The first-order valence-electron chi connectivity index (χ1n) is 6.12. The minimum absolute atomic E-state index is 0.0710. The summed E-state index contributed by atoms with van der Waals surface area (Å²) in [6.45, 7) is 5.01. The van der Waals surface area contributed by atoms with E-state index in [1.165, 1.54) is 6.07 Å². The van der Waals surface area contributed by atoms with Crippen LogP contribution in [0.4, 0.5) is 0 Å². The molecule has 7 heteroatoms. The summed E-state index contributed by atoms with van der Waals surface area (Å²) in [4.78, 5) is 2.16. The second-order valence-corrected chi connectivity index (χ2v) is 7.58. The van der Waals surface area contributed by atoms with Crippen LogP contribution in [0.5, 0.6) is 0 Å². The maximum absolute atomic E-state index is 12.3. The Kier molecular flexibility index (Phi) is 4.33. The Hall–Kier alpha value is -1.15. The molecule has 0 aliphatic rings. The number of aliphatic hydroxyl groups is 1. The Balaban J connectivity index is 2.24. The maximum Gasteiger partial charge on any atom is 0.244 e. The van der Waals surface area contributed by atoms with Gasteiger partial charge in [0.2, 0.25) is 10.0 Å². The molecule has 0 fully saturated rings. The third-order valence-corrected chi connectivity index (χ3v) is 5.72. The van der Waals surface area contributed by atoms with Crippen molar-refractivity contribution in [3.63, 3.8) is 0 Å². The molecule has 0 aromatic carbocycles. The van der Waals surface area contributed by atoms with E-state index in [2.05, 4.69) is 4.72 Å². The van der Waals surface area contributed by atoms with Gasteiger partial charge in [-0.15, -0.1) is 11.3 Å². The Bertz CT molecular complexity index is 700. The zero-order chi connectivity index (χ0) is 14.9. The molecule has 5 nitrogen and oxygen atoms in total. The summed E-state index contributed by atoms with van der Waals surface area (Å²) in [7, 11) is -3.67. The van der Waals surface area contributed by atoms with Gasteiger partial charge < -0.3 is 9.52 Å². The molecular formula is C13H17NO4S2. The van der Waals surface area contributed by atoms with Gasteiger partial charge in [-0.25, -0.2) is 13.1 Å². The van der Waals surface area contributed by atoms with Crippen molar-refractivity contribution in [2.45, 2.75) is 38.3 Å². The average molecular weight is 315 g/mol. The van der Waals surface area contributed by atoms with Crippen molar-refractivity contribution < 1.29 is 17.9 Å². The van der Waals surface area contributed by atoms with Gasteiger partial charge in [0.25, 0.3) is 0 Å². The van der Waals surface area contributed by atoms with Crippen LogP contribution in [0.2, 0.25) is 0 Å². The van der Waals surface area contributed by atoms with Crippen molar-refractivity contribution in [3.05, 3.63) is 39.5 Å². The molecule has 110 valence electrons. The lowest BCUT2D eigenvalue weighted by atomic mass is 10.3. The zero-order valence-corrected chi connectivity index (χ0v) is 13.1. The van der Waals surface area contributed by atoms with Crippen LogP contribution < -0.4 is 4.72 Å². The summed E-state index contributed by atoms with van der Waals surface area (Å²) in [5.74, 6) is 0.513. The van der Waals surface area contributed by atoms with Gasteiger partial charge in [0, 0.05) is 15.8 Å². The van der Waals surface area contributed by atoms with Crippen LogP contribution >= 0.6 is 11.3 Å². The maximum atomic E-state index is 12.3. The number of furan rings is 1. The van der Waals surface area contributed by atoms with Crippen LogP contribution in [0.25, 0.3) is 0 Å². The third kappa shape index (κ3) is 3.12. The predicted molar refractivity (Wildman–Crippen MR) is 77.2 cm³/mol. The second-order valence-electron chi connectivity index (χ2n) is 4.58. The average Bonchev–Trinajstić information content (AvgIpc) is 2.95. The lowest BCUT2D eigenvalue weighted by Gasteiger charge is -2.12. The van der Waals surface area contributed by atoms with E-state index in [-0.39, 0.29) is 29.1 Å². The van der Waals surface area contributed by atoms with E-state index >= 15 is 0 Å². The SMILES string of the molecule is Cc1ccc(C(C)NS(=O)(=O)c2cc(CO)oc2C)s1. The molecule has 2 aromatic heterocycles. The van der Waals surface area contributed by atoms with E-state index in [1.54, 1.807) is 25.2 Å². The van der Waals surface area contributed by atoms with E-state index in [0.717, 1.165) is 9.75 Å². The molecule has 1 unspecified atom stereocenters. The smallest absolute Gasteiger partial charge is 0.244 e. The summed E-state index contributed by atoms with van der Waals surface area (Å²) in [6, 6.07) is 4.90. The van der Waals surface area contributed by atoms with Crippen molar-refractivity contribution in [1.82, 2.24) is 4.72 Å². The highest BCUT2D eigenvalue weighted by atomic mass is 32.2. The topological polar surface area (TPSA) is 79.5 Å². The van der Waals surface area contributed by atoms with E-state index in [4.69, 9.17) is 9.52 Å². The lowest BCUT2D eigenvalue weighted by Crippen LogP contribution is -2.26. The van der Waals surface area contributed by atoms with Gasteiger partial charge in [-0.3, -0.25) is 0 Å². The number of nitrogens with one attached hydrogen (secondary N) is 1. The molecule has 0 amide bonds. The highest BCUT2D eigenvalue weighted by molar-refractivity contribution is 7.89. The van der Waals surface area contributed by atoms with Gasteiger partial charge >= 0.3 is 0 Å². The summed E-state index contributed by atoms with van der Waals surface area (Å²) in [5.41, 5.74) is 0. The van der Waals surface area contributed by atoms with Gasteiger partial charge in [-0.05, 0) is 32.9 Å². The van der Waals surface area contributed by atoms with Crippen molar-refractivity contribution in [1.29, 1.82) is 0 Å². The Morgan fingerprint density at radius 2 is 2.10 bits per heavy atom. The monoisotopic (exact) mass is 315 g/mol. The number of hydrogen-bond donors (Lipinski definition) is 2. The molecule has 0 bridgehead atoms. The summed E-state index contributed by atoms with van der Waals surface area (Å²) in [5, 5.41) is 9.00. The van der Waals surface area contributed by atoms with E-state index < -0.39 is 10.0 Å². The number of thiophene rings is 1. The zero-order valence-electron chi connectivity index (χ0n) is 11.5. The molecule has 0 spiro atoms. The van der Waals surface area contributed by atoms with Gasteiger partial charge in [-0.2, -0.15) is 0 Å². The van der Waals surface area contributed by atoms with Gasteiger partial charge in [-0.1, -0.05) is 0 Å². The number of hydrogen-bond acceptors (Lipinski definition) is 5. The Morgan fingerprint density at radius 3 is 2.60 bits per heavy atom.